The number of rotatable bonds is 6. The van der Waals surface area contributed by atoms with Crippen molar-refractivity contribution >= 4 is 28.4 Å². The molecular weight excluding hydrogens is 344 g/mol. The molecule has 0 atom stereocenters. The van der Waals surface area contributed by atoms with Gasteiger partial charge in [0.25, 0.3) is 5.56 Å². The Hall–Kier alpha value is -2.40. The Morgan fingerprint density at radius 2 is 1.88 bits per heavy atom. The molecule has 3 aromatic rings. The highest BCUT2D eigenvalue weighted by Gasteiger charge is 2.12. The molecule has 0 fully saturated rings. The van der Waals surface area contributed by atoms with E-state index < -0.39 is 0 Å². The number of carbonyl (C=O) groups is 1. The number of benzene rings is 2. The summed E-state index contributed by atoms with van der Waals surface area (Å²) in [5.74, 6) is 0.293. The predicted octanol–water partition coefficient (Wildman–Crippen LogP) is 4.17. The van der Waals surface area contributed by atoms with Gasteiger partial charge >= 0.3 is 0 Å². The second-order valence-electron chi connectivity index (χ2n) is 6.44. The molecule has 3 rings (SSSR count). The first-order valence-corrected chi connectivity index (χ1v) is 9.70. The molecule has 0 saturated carbocycles. The van der Waals surface area contributed by atoms with E-state index in [0.29, 0.717) is 21.6 Å². The van der Waals surface area contributed by atoms with Gasteiger partial charge in [-0.25, -0.2) is 4.98 Å². The summed E-state index contributed by atoms with van der Waals surface area (Å²) in [7, 11) is 1.70. The summed E-state index contributed by atoms with van der Waals surface area (Å²) in [5, 5.41) is 1.16. The van der Waals surface area contributed by atoms with Crippen LogP contribution >= 0.6 is 11.8 Å². The number of thioether (sulfide) groups is 1. The van der Waals surface area contributed by atoms with Crippen LogP contribution in [-0.2, 0) is 13.5 Å². The standard InChI is InChI=1S/C21H22N2O2S/c1-4-5-15-7-9-16(10-8-15)19(24)13-26-21-22-18-11-6-14(2)12-17(18)20(25)23(21)3/h6-12H,4-5,13H2,1-3H3. The molecule has 0 bridgehead atoms. The van der Waals surface area contributed by atoms with Crippen molar-refractivity contribution in [2.75, 3.05) is 5.75 Å². The predicted molar refractivity (Wildman–Crippen MR) is 107 cm³/mol. The zero-order valence-electron chi connectivity index (χ0n) is 15.3. The average Bonchev–Trinajstić information content (AvgIpc) is 2.64. The summed E-state index contributed by atoms with van der Waals surface area (Å²) in [6.45, 7) is 4.09. The van der Waals surface area contributed by atoms with Crippen molar-refractivity contribution in [3.05, 3.63) is 69.5 Å². The van der Waals surface area contributed by atoms with E-state index >= 15 is 0 Å². The zero-order chi connectivity index (χ0) is 18.7. The van der Waals surface area contributed by atoms with Crippen LogP contribution < -0.4 is 5.56 Å². The van der Waals surface area contributed by atoms with Gasteiger partial charge < -0.3 is 0 Å². The highest BCUT2D eigenvalue weighted by atomic mass is 32.2. The fraction of sp³-hybridized carbons (Fsp3) is 0.286. The molecule has 1 aromatic heterocycles. The number of hydrogen-bond acceptors (Lipinski definition) is 4. The second-order valence-corrected chi connectivity index (χ2v) is 7.38. The minimum absolute atomic E-state index is 0.0382. The molecule has 0 unspecified atom stereocenters. The third-order valence-corrected chi connectivity index (χ3v) is 5.37. The summed E-state index contributed by atoms with van der Waals surface area (Å²) in [5.41, 5.74) is 3.54. The van der Waals surface area contributed by atoms with Crippen LogP contribution in [-0.4, -0.2) is 21.1 Å². The van der Waals surface area contributed by atoms with E-state index in [1.165, 1.54) is 21.9 Å². The molecule has 0 saturated heterocycles. The quantitative estimate of drug-likeness (QED) is 0.373. The van der Waals surface area contributed by atoms with Gasteiger partial charge in [-0.3, -0.25) is 14.2 Å². The fourth-order valence-electron chi connectivity index (χ4n) is 2.85. The SMILES string of the molecule is CCCc1ccc(C(=O)CSc2nc3ccc(C)cc3c(=O)n2C)cc1. The van der Waals surface area contributed by atoms with Gasteiger partial charge in [0.15, 0.2) is 10.9 Å². The average molecular weight is 366 g/mol. The molecule has 134 valence electrons. The van der Waals surface area contributed by atoms with Crippen LogP contribution in [0.5, 0.6) is 0 Å². The first kappa shape index (κ1) is 18.4. The zero-order valence-corrected chi connectivity index (χ0v) is 16.1. The molecule has 0 aliphatic rings. The van der Waals surface area contributed by atoms with Crippen LogP contribution in [0.25, 0.3) is 10.9 Å². The van der Waals surface area contributed by atoms with Crippen LogP contribution in [0.15, 0.2) is 52.4 Å². The molecular formula is C21H22N2O2S. The maximum atomic E-state index is 12.5. The smallest absolute Gasteiger partial charge is 0.261 e. The van der Waals surface area contributed by atoms with E-state index in [1.54, 1.807) is 7.05 Å². The van der Waals surface area contributed by atoms with Gasteiger partial charge in [-0.2, -0.15) is 0 Å². The second kappa shape index (κ2) is 7.87. The highest BCUT2D eigenvalue weighted by molar-refractivity contribution is 7.99. The third-order valence-electron chi connectivity index (χ3n) is 4.34. The van der Waals surface area contributed by atoms with Gasteiger partial charge in [0.1, 0.15) is 0 Å². The largest absolute Gasteiger partial charge is 0.293 e. The lowest BCUT2D eigenvalue weighted by atomic mass is 10.1. The topological polar surface area (TPSA) is 52.0 Å². The van der Waals surface area contributed by atoms with E-state index in [4.69, 9.17) is 0 Å². The molecule has 1 heterocycles. The van der Waals surface area contributed by atoms with Crippen molar-refractivity contribution in [2.45, 2.75) is 31.8 Å². The van der Waals surface area contributed by atoms with Crippen LogP contribution in [0.3, 0.4) is 0 Å². The van der Waals surface area contributed by atoms with Crippen molar-refractivity contribution in [2.24, 2.45) is 7.05 Å². The number of ketones is 1. The number of hydrogen-bond donors (Lipinski definition) is 0. The number of carbonyl (C=O) groups excluding carboxylic acids is 1. The molecule has 2 aromatic carbocycles. The summed E-state index contributed by atoms with van der Waals surface area (Å²) < 4.78 is 1.52. The van der Waals surface area contributed by atoms with Crippen molar-refractivity contribution in [1.82, 2.24) is 9.55 Å². The summed E-state index contributed by atoms with van der Waals surface area (Å²) in [4.78, 5) is 29.5. The molecule has 0 spiro atoms. The summed E-state index contributed by atoms with van der Waals surface area (Å²) in [6.07, 6.45) is 2.11. The van der Waals surface area contributed by atoms with Crippen LogP contribution in [0.1, 0.15) is 34.8 Å². The van der Waals surface area contributed by atoms with E-state index in [0.717, 1.165) is 18.4 Å². The number of fused-ring (bicyclic) bond motifs is 1. The number of aryl methyl sites for hydroxylation is 2. The van der Waals surface area contributed by atoms with E-state index in [9.17, 15) is 9.59 Å². The van der Waals surface area contributed by atoms with Crippen molar-refractivity contribution < 1.29 is 4.79 Å². The first-order chi connectivity index (χ1) is 12.5. The molecule has 5 heteroatoms. The molecule has 0 aliphatic heterocycles. The molecule has 0 radical (unpaired) electrons. The molecule has 0 amide bonds. The lowest BCUT2D eigenvalue weighted by molar-refractivity contribution is 0.102. The van der Waals surface area contributed by atoms with E-state index in [1.807, 2.05) is 49.4 Å². The minimum atomic E-state index is -0.0856. The summed E-state index contributed by atoms with van der Waals surface area (Å²) in [6, 6.07) is 13.4. The van der Waals surface area contributed by atoms with Gasteiger partial charge in [0.05, 0.1) is 16.7 Å². The summed E-state index contributed by atoms with van der Waals surface area (Å²) >= 11 is 1.30. The Labute approximate surface area is 157 Å². The number of Topliss-reactive ketones (excluding diaryl/α,β-unsaturated/α-hetero) is 1. The third kappa shape index (κ3) is 3.88. The Bertz CT molecular complexity index is 1010. The normalized spacial score (nSPS) is 11.0. The van der Waals surface area contributed by atoms with Gasteiger partial charge in [-0.15, -0.1) is 0 Å². The minimum Gasteiger partial charge on any atom is -0.293 e. The van der Waals surface area contributed by atoms with E-state index in [-0.39, 0.29) is 17.1 Å². The molecule has 26 heavy (non-hydrogen) atoms. The Morgan fingerprint density at radius 1 is 1.15 bits per heavy atom. The van der Waals surface area contributed by atoms with Gasteiger partial charge in [0, 0.05) is 12.6 Å². The number of aromatic nitrogens is 2. The Kier molecular flexibility index (Phi) is 5.57. The number of nitrogens with zero attached hydrogens (tertiary/aromatic N) is 2. The Morgan fingerprint density at radius 3 is 2.58 bits per heavy atom. The van der Waals surface area contributed by atoms with Crippen LogP contribution in [0, 0.1) is 6.92 Å². The van der Waals surface area contributed by atoms with Gasteiger partial charge in [-0.05, 0) is 31.0 Å². The molecule has 0 N–H and O–H groups in total. The lowest BCUT2D eigenvalue weighted by Gasteiger charge is -2.09. The lowest BCUT2D eigenvalue weighted by Crippen LogP contribution is -2.20. The van der Waals surface area contributed by atoms with Crippen LogP contribution in [0.4, 0.5) is 0 Å². The van der Waals surface area contributed by atoms with Crippen molar-refractivity contribution in [3.63, 3.8) is 0 Å². The van der Waals surface area contributed by atoms with Gasteiger partial charge in [-0.1, -0.05) is 61.0 Å². The van der Waals surface area contributed by atoms with Crippen molar-refractivity contribution in [1.29, 1.82) is 0 Å². The first-order valence-electron chi connectivity index (χ1n) is 8.72. The Balaban J connectivity index is 1.78. The highest BCUT2D eigenvalue weighted by Crippen LogP contribution is 2.19. The molecule has 4 nitrogen and oxygen atoms in total. The maximum Gasteiger partial charge on any atom is 0.261 e. The van der Waals surface area contributed by atoms with E-state index in [2.05, 4.69) is 11.9 Å². The monoisotopic (exact) mass is 366 g/mol. The van der Waals surface area contributed by atoms with Gasteiger partial charge in [0.2, 0.25) is 0 Å². The molecule has 0 aliphatic carbocycles. The fourth-order valence-corrected chi connectivity index (χ4v) is 3.72. The van der Waals surface area contributed by atoms with Crippen LogP contribution in [0.2, 0.25) is 0 Å². The maximum absolute atomic E-state index is 12.5. The van der Waals surface area contributed by atoms with Crippen molar-refractivity contribution in [3.8, 4) is 0 Å².